The lowest BCUT2D eigenvalue weighted by Gasteiger charge is -2.35. The van der Waals surface area contributed by atoms with E-state index >= 15 is 0 Å². The van der Waals surface area contributed by atoms with Crippen LogP contribution in [0.1, 0.15) is 43.0 Å². The molecule has 2 saturated heterocycles. The van der Waals surface area contributed by atoms with Gasteiger partial charge < -0.3 is 14.5 Å². The third-order valence-corrected chi connectivity index (χ3v) is 4.54. The Labute approximate surface area is 131 Å². The lowest BCUT2D eigenvalue weighted by molar-refractivity contribution is 0.0302. The van der Waals surface area contributed by atoms with Crippen LogP contribution in [-0.4, -0.2) is 59.7 Å². The van der Waals surface area contributed by atoms with Gasteiger partial charge in [0.1, 0.15) is 0 Å². The normalized spacial score (nSPS) is 22.7. The molecular weight excluding hydrogens is 280 g/mol. The SMILES string of the molecule is CCC1CCCCN1c1ncc(C(=O)N2CCOCC2)cn1. The molecular formula is C16H24N4O2. The molecule has 2 aliphatic rings. The summed E-state index contributed by atoms with van der Waals surface area (Å²) in [5.74, 6) is 0.755. The van der Waals surface area contributed by atoms with Crippen LogP contribution in [0.5, 0.6) is 0 Å². The molecule has 2 aliphatic heterocycles. The summed E-state index contributed by atoms with van der Waals surface area (Å²) < 4.78 is 5.28. The summed E-state index contributed by atoms with van der Waals surface area (Å²) >= 11 is 0. The largest absolute Gasteiger partial charge is 0.378 e. The molecule has 0 saturated carbocycles. The molecule has 0 spiro atoms. The maximum absolute atomic E-state index is 12.4. The quantitative estimate of drug-likeness (QED) is 0.851. The van der Waals surface area contributed by atoms with Crippen LogP contribution in [-0.2, 0) is 4.74 Å². The Hall–Kier alpha value is -1.69. The number of aromatic nitrogens is 2. The molecule has 1 atom stereocenters. The summed E-state index contributed by atoms with van der Waals surface area (Å²) in [6.07, 6.45) is 8.12. The molecule has 0 aromatic carbocycles. The number of ether oxygens (including phenoxy) is 1. The van der Waals surface area contributed by atoms with Crippen molar-refractivity contribution in [1.82, 2.24) is 14.9 Å². The fourth-order valence-corrected chi connectivity index (χ4v) is 3.22. The van der Waals surface area contributed by atoms with Crippen LogP contribution in [0.2, 0.25) is 0 Å². The lowest BCUT2D eigenvalue weighted by atomic mass is 10.0. The highest BCUT2D eigenvalue weighted by molar-refractivity contribution is 5.93. The van der Waals surface area contributed by atoms with Gasteiger partial charge in [0.2, 0.25) is 5.95 Å². The zero-order valence-corrected chi connectivity index (χ0v) is 13.2. The van der Waals surface area contributed by atoms with E-state index in [2.05, 4.69) is 21.8 Å². The molecule has 6 nitrogen and oxygen atoms in total. The minimum atomic E-state index is 0.000496. The molecule has 6 heteroatoms. The third-order valence-electron chi connectivity index (χ3n) is 4.54. The molecule has 1 amide bonds. The molecule has 1 unspecified atom stereocenters. The number of carbonyl (C=O) groups excluding carboxylic acids is 1. The van der Waals surface area contributed by atoms with Crippen LogP contribution in [0.15, 0.2) is 12.4 Å². The molecule has 120 valence electrons. The van der Waals surface area contributed by atoms with Crippen LogP contribution >= 0.6 is 0 Å². The van der Waals surface area contributed by atoms with Crippen molar-refractivity contribution in [2.45, 2.75) is 38.6 Å². The van der Waals surface area contributed by atoms with E-state index in [4.69, 9.17) is 4.74 Å². The van der Waals surface area contributed by atoms with E-state index in [1.807, 2.05) is 0 Å². The first kappa shape index (κ1) is 15.2. The number of anilines is 1. The first-order valence-corrected chi connectivity index (χ1v) is 8.25. The van der Waals surface area contributed by atoms with Crippen molar-refractivity contribution in [3.8, 4) is 0 Å². The van der Waals surface area contributed by atoms with Crippen LogP contribution in [0.3, 0.4) is 0 Å². The summed E-state index contributed by atoms with van der Waals surface area (Å²) in [5.41, 5.74) is 0.565. The first-order chi connectivity index (χ1) is 10.8. The van der Waals surface area contributed by atoms with Gasteiger partial charge in [-0.2, -0.15) is 0 Å². The monoisotopic (exact) mass is 304 g/mol. The molecule has 1 aromatic heterocycles. The Bertz CT molecular complexity index is 499. The van der Waals surface area contributed by atoms with Gasteiger partial charge in [0.05, 0.1) is 18.8 Å². The summed E-state index contributed by atoms with van der Waals surface area (Å²) in [7, 11) is 0. The van der Waals surface area contributed by atoms with E-state index in [1.165, 1.54) is 19.3 Å². The molecule has 3 heterocycles. The Kier molecular flexibility index (Phi) is 4.87. The smallest absolute Gasteiger partial charge is 0.257 e. The average molecular weight is 304 g/mol. The van der Waals surface area contributed by atoms with Gasteiger partial charge in [-0.25, -0.2) is 9.97 Å². The molecule has 0 N–H and O–H groups in total. The number of hydrogen-bond donors (Lipinski definition) is 0. The maximum Gasteiger partial charge on any atom is 0.257 e. The summed E-state index contributed by atoms with van der Waals surface area (Å²) in [4.78, 5) is 25.4. The zero-order valence-electron chi connectivity index (χ0n) is 13.2. The van der Waals surface area contributed by atoms with Gasteiger partial charge in [0.25, 0.3) is 5.91 Å². The lowest BCUT2D eigenvalue weighted by Crippen LogP contribution is -2.41. The number of hydrogen-bond acceptors (Lipinski definition) is 5. The number of morpholine rings is 1. The van der Waals surface area contributed by atoms with Gasteiger partial charge in [-0.3, -0.25) is 4.79 Å². The molecule has 0 aliphatic carbocycles. The number of piperidine rings is 1. The molecule has 0 radical (unpaired) electrons. The van der Waals surface area contributed by atoms with Crippen molar-refractivity contribution in [2.75, 3.05) is 37.7 Å². The first-order valence-electron chi connectivity index (χ1n) is 8.25. The fraction of sp³-hybridized carbons (Fsp3) is 0.688. The maximum atomic E-state index is 12.4. The Balaban J connectivity index is 1.70. The third kappa shape index (κ3) is 3.21. The van der Waals surface area contributed by atoms with Crippen molar-refractivity contribution in [2.24, 2.45) is 0 Å². The number of nitrogens with zero attached hydrogens (tertiary/aromatic N) is 4. The average Bonchev–Trinajstić information content (AvgIpc) is 2.62. The molecule has 22 heavy (non-hydrogen) atoms. The Morgan fingerprint density at radius 1 is 1.23 bits per heavy atom. The second-order valence-corrected chi connectivity index (χ2v) is 5.93. The Morgan fingerprint density at radius 2 is 1.95 bits per heavy atom. The highest BCUT2D eigenvalue weighted by atomic mass is 16.5. The van der Waals surface area contributed by atoms with Gasteiger partial charge in [0.15, 0.2) is 0 Å². The molecule has 2 fully saturated rings. The summed E-state index contributed by atoms with van der Waals surface area (Å²) in [6, 6.07) is 0.523. The van der Waals surface area contributed by atoms with Crippen LogP contribution < -0.4 is 4.90 Å². The van der Waals surface area contributed by atoms with Crippen LogP contribution in [0.4, 0.5) is 5.95 Å². The second kappa shape index (κ2) is 7.05. The minimum Gasteiger partial charge on any atom is -0.378 e. The van der Waals surface area contributed by atoms with Crippen molar-refractivity contribution >= 4 is 11.9 Å². The molecule has 1 aromatic rings. The highest BCUT2D eigenvalue weighted by Crippen LogP contribution is 2.23. The zero-order chi connectivity index (χ0) is 15.4. The van der Waals surface area contributed by atoms with E-state index in [0.29, 0.717) is 37.9 Å². The van der Waals surface area contributed by atoms with Gasteiger partial charge in [-0.1, -0.05) is 6.92 Å². The highest BCUT2D eigenvalue weighted by Gasteiger charge is 2.24. The van der Waals surface area contributed by atoms with Crippen molar-refractivity contribution in [1.29, 1.82) is 0 Å². The van der Waals surface area contributed by atoms with Crippen LogP contribution in [0, 0.1) is 0 Å². The number of carbonyl (C=O) groups is 1. The second-order valence-electron chi connectivity index (χ2n) is 5.93. The van der Waals surface area contributed by atoms with E-state index in [1.54, 1.807) is 17.3 Å². The topological polar surface area (TPSA) is 58.6 Å². The summed E-state index contributed by atoms with van der Waals surface area (Å²) in [6.45, 7) is 5.72. The van der Waals surface area contributed by atoms with Gasteiger partial charge in [-0.15, -0.1) is 0 Å². The van der Waals surface area contributed by atoms with Gasteiger partial charge in [-0.05, 0) is 25.7 Å². The Morgan fingerprint density at radius 3 is 2.64 bits per heavy atom. The molecule has 0 bridgehead atoms. The van der Waals surface area contributed by atoms with E-state index in [0.717, 1.165) is 18.9 Å². The molecule has 3 rings (SSSR count). The predicted molar refractivity (Wildman–Crippen MR) is 84.0 cm³/mol. The van der Waals surface area contributed by atoms with Gasteiger partial charge in [0, 0.05) is 38.1 Å². The van der Waals surface area contributed by atoms with E-state index in [9.17, 15) is 4.79 Å². The number of rotatable bonds is 3. The standard InChI is InChI=1S/C16H24N4O2/c1-2-14-5-3-4-6-20(14)16-17-11-13(12-18-16)15(21)19-7-9-22-10-8-19/h11-12,14H,2-10H2,1H3. The predicted octanol–water partition coefficient (Wildman–Crippen LogP) is 1.72. The van der Waals surface area contributed by atoms with Crippen molar-refractivity contribution < 1.29 is 9.53 Å². The van der Waals surface area contributed by atoms with Crippen molar-refractivity contribution in [3.63, 3.8) is 0 Å². The van der Waals surface area contributed by atoms with E-state index in [-0.39, 0.29) is 5.91 Å². The van der Waals surface area contributed by atoms with Crippen molar-refractivity contribution in [3.05, 3.63) is 18.0 Å². The van der Waals surface area contributed by atoms with E-state index < -0.39 is 0 Å². The summed E-state index contributed by atoms with van der Waals surface area (Å²) in [5, 5.41) is 0. The van der Waals surface area contributed by atoms with Gasteiger partial charge >= 0.3 is 0 Å². The van der Waals surface area contributed by atoms with Crippen LogP contribution in [0.25, 0.3) is 0 Å². The number of amides is 1. The fourth-order valence-electron chi connectivity index (χ4n) is 3.22. The minimum absolute atomic E-state index is 0.000496.